The van der Waals surface area contributed by atoms with Crippen LogP contribution in [-0.4, -0.2) is 22.7 Å². The number of carboxylic acid groups (broad SMARTS) is 1. The zero-order chi connectivity index (χ0) is 15.4. The highest BCUT2D eigenvalue weighted by molar-refractivity contribution is 8.00. The topological polar surface area (TPSA) is 66.4 Å². The van der Waals surface area contributed by atoms with Crippen LogP contribution < -0.4 is 5.32 Å². The van der Waals surface area contributed by atoms with Gasteiger partial charge in [-0.15, -0.1) is 23.1 Å². The summed E-state index contributed by atoms with van der Waals surface area (Å²) in [4.78, 5) is 23.3. The molecule has 2 aromatic rings. The monoisotopic (exact) mass is 345 g/mol. The van der Waals surface area contributed by atoms with E-state index in [0.29, 0.717) is 4.90 Å². The van der Waals surface area contributed by atoms with Crippen LogP contribution in [-0.2, 0) is 4.79 Å². The number of benzene rings is 1. The number of aromatic carboxylic acids is 1. The highest BCUT2D eigenvalue weighted by Gasteiger charge is 2.11. The molecule has 1 heterocycles. The van der Waals surface area contributed by atoms with Crippen LogP contribution in [0.3, 0.4) is 0 Å². The van der Waals surface area contributed by atoms with E-state index >= 15 is 0 Å². The molecule has 21 heavy (non-hydrogen) atoms. The van der Waals surface area contributed by atoms with E-state index in [-0.39, 0.29) is 27.2 Å². The molecule has 1 aromatic carbocycles. The van der Waals surface area contributed by atoms with Crippen molar-refractivity contribution in [2.45, 2.75) is 4.90 Å². The molecule has 0 aliphatic carbocycles. The fourth-order valence-corrected chi connectivity index (χ4v) is 3.26. The third-order valence-electron chi connectivity index (χ3n) is 2.36. The normalized spacial score (nSPS) is 10.4. The van der Waals surface area contributed by atoms with Crippen molar-refractivity contribution in [3.8, 4) is 0 Å². The van der Waals surface area contributed by atoms with Crippen molar-refractivity contribution in [2.75, 3.05) is 11.1 Å². The van der Waals surface area contributed by atoms with Gasteiger partial charge >= 0.3 is 5.97 Å². The number of carbonyl (C=O) groups excluding carboxylic acids is 1. The molecule has 0 radical (unpaired) electrons. The van der Waals surface area contributed by atoms with Gasteiger partial charge in [0.05, 0.1) is 11.4 Å². The Balaban J connectivity index is 1.91. The van der Waals surface area contributed by atoms with Crippen LogP contribution in [0.15, 0.2) is 34.5 Å². The van der Waals surface area contributed by atoms with Gasteiger partial charge in [0.2, 0.25) is 5.91 Å². The van der Waals surface area contributed by atoms with Crippen LogP contribution >= 0.6 is 34.7 Å². The second kappa shape index (κ2) is 6.93. The van der Waals surface area contributed by atoms with E-state index in [0.717, 1.165) is 17.4 Å². The summed E-state index contributed by atoms with van der Waals surface area (Å²) in [6, 6.07) is 5.47. The molecule has 0 saturated carbocycles. The fraction of sp³-hybridized carbons (Fsp3) is 0.0769. The Morgan fingerprint density at radius 1 is 1.38 bits per heavy atom. The molecule has 0 spiro atoms. The molecule has 0 saturated heterocycles. The van der Waals surface area contributed by atoms with Gasteiger partial charge in [0.25, 0.3) is 0 Å². The van der Waals surface area contributed by atoms with E-state index < -0.39 is 11.8 Å². The molecule has 8 heteroatoms. The number of anilines is 1. The molecule has 110 valence electrons. The largest absolute Gasteiger partial charge is 0.477 e. The van der Waals surface area contributed by atoms with Gasteiger partial charge in [-0.25, -0.2) is 9.18 Å². The molecule has 0 unspecified atom stereocenters. The minimum Gasteiger partial charge on any atom is -0.477 e. The van der Waals surface area contributed by atoms with E-state index in [9.17, 15) is 14.0 Å². The highest BCUT2D eigenvalue weighted by Crippen LogP contribution is 2.25. The molecule has 2 N–H and O–H groups in total. The first-order chi connectivity index (χ1) is 9.95. The van der Waals surface area contributed by atoms with Crippen molar-refractivity contribution in [3.05, 3.63) is 45.4 Å². The SMILES string of the molecule is O=C(CSc1csc(C(=O)O)c1)Nc1ccc(Cl)cc1F. The maximum Gasteiger partial charge on any atom is 0.345 e. The highest BCUT2D eigenvalue weighted by atomic mass is 35.5. The van der Waals surface area contributed by atoms with Crippen molar-refractivity contribution in [1.29, 1.82) is 0 Å². The van der Waals surface area contributed by atoms with Gasteiger partial charge in [-0.3, -0.25) is 4.79 Å². The molecule has 4 nitrogen and oxygen atoms in total. The van der Waals surface area contributed by atoms with Crippen LogP contribution in [0.4, 0.5) is 10.1 Å². The predicted octanol–water partition coefficient (Wildman–Crippen LogP) is 3.97. The lowest BCUT2D eigenvalue weighted by Gasteiger charge is -2.06. The van der Waals surface area contributed by atoms with Gasteiger partial charge in [0.15, 0.2) is 0 Å². The van der Waals surface area contributed by atoms with E-state index in [1.54, 1.807) is 5.38 Å². The molecule has 0 aliphatic rings. The Bertz CT molecular complexity index is 690. The van der Waals surface area contributed by atoms with Gasteiger partial charge in [0, 0.05) is 15.3 Å². The van der Waals surface area contributed by atoms with Gasteiger partial charge in [-0.1, -0.05) is 11.6 Å². The predicted molar refractivity (Wildman–Crippen MR) is 82.0 cm³/mol. The van der Waals surface area contributed by atoms with Crippen molar-refractivity contribution in [2.24, 2.45) is 0 Å². The minimum atomic E-state index is -1.00. The number of carboxylic acids is 1. The number of hydrogen-bond acceptors (Lipinski definition) is 4. The number of carbonyl (C=O) groups is 2. The van der Waals surface area contributed by atoms with Crippen LogP contribution in [0.2, 0.25) is 5.02 Å². The number of thioether (sulfide) groups is 1. The van der Waals surface area contributed by atoms with E-state index in [2.05, 4.69) is 5.32 Å². The Labute approximate surface area is 132 Å². The molecule has 0 fully saturated rings. The first kappa shape index (κ1) is 15.8. The summed E-state index contributed by atoms with van der Waals surface area (Å²) < 4.78 is 13.5. The fourth-order valence-electron chi connectivity index (χ4n) is 1.43. The van der Waals surface area contributed by atoms with Gasteiger partial charge < -0.3 is 10.4 Å². The van der Waals surface area contributed by atoms with Gasteiger partial charge in [-0.2, -0.15) is 0 Å². The Morgan fingerprint density at radius 3 is 2.76 bits per heavy atom. The molecule has 1 aromatic heterocycles. The van der Waals surface area contributed by atoms with E-state index in [1.807, 2.05) is 0 Å². The van der Waals surface area contributed by atoms with Crippen LogP contribution in [0.1, 0.15) is 9.67 Å². The zero-order valence-electron chi connectivity index (χ0n) is 10.4. The summed E-state index contributed by atoms with van der Waals surface area (Å²) in [5.74, 6) is -1.94. The second-order valence-electron chi connectivity index (χ2n) is 3.91. The molecule has 0 aliphatic heterocycles. The van der Waals surface area contributed by atoms with Gasteiger partial charge in [0.1, 0.15) is 10.7 Å². The Kier molecular flexibility index (Phi) is 5.22. The van der Waals surface area contributed by atoms with Crippen LogP contribution in [0.5, 0.6) is 0 Å². The summed E-state index contributed by atoms with van der Waals surface area (Å²) >= 11 is 7.89. The molecular formula is C13H9ClFNO3S2. The number of nitrogens with one attached hydrogen (secondary N) is 1. The lowest BCUT2D eigenvalue weighted by molar-refractivity contribution is -0.113. The van der Waals surface area contributed by atoms with Gasteiger partial charge in [-0.05, 0) is 24.3 Å². The quantitative estimate of drug-likeness (QED) is 0.805. The maximum absolute atomic E-state index is 13.5. The lowest BCUT2D eigenvalue weighted by Crippen LogP contribution is -2.14. The second-order valence-corrected chi connectivity index (χ2v) is 6.31. The summed E-state index contributed by atoms with van der Waals surface area (Å²) in [6.45, 7) is 0. The van der Waals surface area contributed by atoms with E-state index in [4.69, 9.17) is 16.7 Å². The maximum atomic E-state index is 13.5. The standard InChI is InChI=1S/C13H9ClFNO3S2/c14-7-1-2-10(9(15)3-7)16-12(17)6-20-8-4-11(13(18)19)21-5-8/h1-5H,6H2,(H,16,17)(H,18,19). The zero-order valence-corrected chi connectivity index (χ0v) is 12.8. The molecule has 0 bridgehead atoms. The Morgan fingerprint density at radius 2 is 2.14 bits per heavy atom. The average Bonchev–Trinajstić information content (AvgIpc) is 2.89. The number of hydrogen-bond donors (Lipinski definition) is 2. The molecular weight excluding hydrogens is 337 g/mol. The van der Waals surface area contributed by atoms with E-state index in [1.165, 1.54) is 30.0 Å². The number of halogens is 2. The first-order valence-corrected chi connectivity index (χ1v) is 7.89. The van der Waals surface area contributed by atoms with Crippen molar-refractivity contribution >= 4 is 52.3 Å². The average molecular weight is 346 g/mol. The Hall–Kier alpha value is -1.57. The third-order valence-corrected chi connectivity index (χ3v) is 4.64. The summed E-state index contributed by atoms with van der Waals surface area (Å²) in [6.07, 6.45) is 0. The summed E-state index contributed by atoms with van der Waals surface area (Å²) in [5, 5.41) is 13.1. The summed E-state index contributed by atoms with van der Waals surface area (Å²) in [7, 11) is 0. The lowest BCUT2D eigenvalue weighted by atomic mass is 10.3. The van der Waals surface area contributed by atoms with Crippen molar-refractivity contribution in [1.82, 2.24) is 0 Å². The minimum absolute atomic E-state index is 0.0534. The van der Waals surface area contributed by atoms with Crippen LogP contribution in [0.25, 0.3) is 0 Å². The first-order valence-electron chi connectivity index (χ1n) is 5.65. The van der Waals surface area contributed by atoms with Crippen LogP contribution in [0, 0.1) is 5.82 Å². The third kappa shape index (κ3) is 4.45. The number of amides is 1. The summed E-state index contributed by atoms with van der Waals surface area (Å²) in [5.41, 5.74) is 0.0570. The molecule has 0 atom stereocenters. The van der Waals surface area contributed by atoms with Crippen molar-refractivity contribution < 1.29 is 19.1 Å². The smallest absolute Gasteiger partial charge is 0.345 e. The molecule has 1 amide bonds. The number of rotatable bonds is 5. The molecule has 2 rings (SSSR count). The van der Waals surface area contributed by atoms with Crippen molar-refractivity contribution in [3.63, 3.8) is 0 Å². The number of thiophene rings is 1.